The lowest BCUT2D eigenvalue weighted by Gasteiger charge is -2.14. The van der Waals surface area contributed by atoms with Crippen LogP contribution in [0.15, 0.2) is 12.1 Å². The third-order valence-corrected chi connectivity index (χ3v) is 4.15. The van der Waals surface area contributed by atoms with E-state index in [0.29, 0.717) is 36.3 Å². The molecule has 21 heavy (non-hydrogen) atoms. The lowest BCUT2D eigenvalue weighted by molar-refractivity contribution is -0.141. The Bertz CT molecular complexity index is 564. The number of ether oxygens (including phenoxy) is 2. The molecule has 5 nitrogen and oxygen atoms in total. The summed E-state index contributed by atoms with van der Waals surface area (Å²) in [5.74, 6) is -0.338. The number of rotatable bonds is 5. The zero-order chi connectivity index (χ0) is 15.6. The standard InChI is InChI=1S/C16H20O5/c1-9-6-13(20-2)14(21-3)8-12(9)15(17)10-4-5-11(7-10)16(18)19/h6,8,10-11H,4-5,7H2,1-3H3,(H,18,19). The average molecular weight is 292 g/mol. The molecule has 1 saturated carbocycles. The first kappa shape index (κ1) is 15.4. The second kappa shape index (κ2) is 6.16. The summed E-state index contributed by atoms with van der Waals surface area (Å²) in [5, 5.41) is 9.04. The third kappa shape index (κ3) is 3.01. The van der Waals surface area contributed by atoms with Crippen LogP contribution in [0, 0.1) is 18.8 Å². The number of hydrogen-bond donors (Lipinski definition) is 1. The van der Waals surface area contributed by atoms with Gasteiger partial charge in [0.25, 0.3) is 0 Å². The van der Waals surface area contributed by atoms with Crippen molar-refractivity contribution in [2.75, 3.05) is 14.2 Å². The Hall–Kier alpha value is -2.04. The Morgan fingerprint density at radius 2 is 1.67 bits per heavy atom. The van der Waals surface area contributed by atoms with E-state index in [9.17, 15) is 9.59 Å². The molecule has 0 radical (unpaired) electrons. The molecule has 5 heteroatoms. The van der Waals surface area contributed by atoms with Crippen molar-refractivity contribution in [2.24, 2.45) is 11.8 Å². The predicted octanol–water partition coefficient (Wildman–Crippen LogP) is 2.70. The number of carbonyl (C=O) groups excluding carboxylic acids is 1. The molecule has 0 heterocycles. The van der Waals surface area contributed by atoms with E-state index < -0.39 is 11.9 Å². The lowest BCUT2D eigenvalue weighted by atomic mass is 9.92. The molecule has 0 aromatic heterocycles. The van der Waals surface area contributed by atoms with Crippen molar-refractivity contribution in [3.05, 3.63) is 23.3 Å². The van der Waals surface area contributed by atoms with Crippen LogP contribution < -0.4 is 9.47 Å². The molecule has 0 aliphatic heterocycles. The molecule has 2 unspecified atom stereocenters. The smallest absolute Gasteiger partial charge is 0.306 e. The maximum atomic E-state index is 12.6. The highest BCUT2D eigenvalue weighted by Gasteiger charge is 2.34. The summed E-state index contributed by atoms with van der Waals surface area (Å²) in [7, 11) is 3.07. The molecule has 0 bridgehead atoms. The minimum atomic E-state index is -0.811. The van der Waals surface area contributed by atoms with Gasteiger partial charge in [0.15, 0.2) is 17.3 Å². The zero-order valence-corrected chi connectivity index (χ0v) is 12.5. The summed E-state index contributed by atoms with van der Waals surface area (Å²) in [4.78, 5) is 23.6. The highest BCUT2D eigenvalue weighted by atomic mass is 16.5. The van der Waals surface area contributed by atoms with Crippen molar-refractivity contribution < 1.29 is 24.2 Å². The van der Waals surface area contributed by atoms with Crippen LogP contribution in [0.5, 0.6) is 11.5 Å². The van der Waals surface area contributed by atoms with Crippen LogP contribution in [0.25, 0.3) is 0 Å². The Morgan fingerprint density at radius 3 is 2.19 bits per heavy atom. The fourth-order valence-corrected chi connectivity index (χ4v) is 2.91. The van der Waals surface area contributed by atoms with E-state index in [1.54, 1.807) is 19.2 Å². The molecule has 0 spiro atoms. The summed E-state index contributed by atoms with van der Waals surface area (Å²) in [5.41, 5.74) is 1.40. The summed E-state index contributed by atoms with van der Waals surface area (Å²) in [6.45, 7) is 1.85. The van der Waals surface area contributed by atoms with Crippen molar-refractivity contribution in [3.8, 4) is 11.5 Å². The molecule has 1 fully saturated rings. The highest BCUT2D eigenvalue weighted by molar-refractivity contribution is 6.00. The molecule has 0 amide bonds. The highest BCUT2D eigenvalue weighted by Crippen LogP contribution is 2.36. The second-order valence-electron chi connectivity index (χ2n) is 5.43. The van der Waals surface area contributed by atoms with Crippen LogP contribution in [-0.2, 0) is 4.79 Å². The molecule has 2 atom stereocenters. The summed E-state index contributed by atoms with van der Waals surface area (Å²) in [6, 6.07) is 3.46. The quantitative estimate of drug-likeness (QED) is 0.845. The van der Waals surface area contributed by atoms with Gasteiger partial charge in [-0.3, -0.25) is 9.59 Å². The molecule has 114 valence electrons. The minimum Gasteiger partial charge on any atom is -0.493 e. The molecule has 0 saturated heterocycles. The number of hydrogen-bond acceptors (Lipinski definition) is 4. The van der Waals surface area contributed by atoms with Crippen LogP contribution in [0.1, 0.15) is 35.2 Å². The zero-order valence-electron chi connectivity index (χ0n) is 12.5. The third-order valence-electron chi connectivity index (χ3n) is 4.15. The van der Waals surface area contributed by atoms with Crippen molar-refractivity contribution in [1.82, 2.24) is 0 Å². The van der Waals surface area contributed by atoms with E-state index in [0.717, 1.165) is 5.56 Å². The van der Waals surface area contributed by atoms with Crippen LogP contribution in [-0.4, -0.2) is 31.1 Å². The molecule has 1 N–H and O–H groups in total. The van der Waals surface area contributed by atoms with Crippen LogP contribution in [0.3, 0.4) is 0 Å². The van der Waals surface area contributed by atoms with Gasteiger partial charge in [-0.2, -0.15) is 0 Å². The van der Waals surface area contributed by atoms with Crippen LogP contribution in [0.2, 0.25) is 0 Å². The van der Waals surface area contributed by atoms with Gasteiger partial charge in [-0.25, -0.2) is 0 Å². The number of ketones is 1. The fourth-order valence-electron chi connectivity index (χ4n) is 2.91. The average Bonchev–Trinajstić information content (AvgIpc) is 2.96. The van der Waals surface area contributed by atoms with Gasteiger partial charge in [0, 0.05) is 11.5 Å². The van der Waals surface area contributed by atoms with E-state index in [1.165, 1.54) is 7.11 Å². The van der Waals surface area contributed by atoms with Gasteiger partial charge in [-0.1, -0.05) is 0 Å². The summed E-state index contributed by atoms with van der Waals surface area (Å²) < 4.78 is 10.4. The number of carboxylic acid groups (broad SMARTS) is 1. The van der Waals surface area contributed by atoms with Crippen molar-refractivity contribution in [3.63, 3.8) is 0 Å². The molecule has 1 aliphatic carbocycles. The Balaban J connectivity index is 2.26. The molecule has 1 aliphatic rings. The number of carboxylic acids is 1. The Morgan fingerprint density at radius 1 is 1.10 bits per heavy atom. The Kier molecular flexibility index (Phi) is 4.50. The second-order valence-corrected chi connectivity index (χ2v) is 5.43. The number of carbonyl (C=O) groups is 2. The van der Waals surface area contributed by atoms with Gasteiger partial charge in [-0.05, 0) is 43.9 Å². The largest absolute Gasteiger partial charge is 0.493 e. The van der Waals surface area contributed by atoms with Crippen molar-refractivity contribution >= 4 is 11.8 Å². The Labute approximate surface area is 123 Å². The van der Waals surface area contributed by atoms with Gasteiger partial charge < -0.3 is 14.6 Å². The first-order valence-electron chi connectivity index (χ1n) is 6.97. The van der Waals surface area contributed by atoms with E-state index in [-0.39, 0.29) is 11.7 Å². The molecular formula is C16H20O5. The molecule has 1 aromatic rings. The van der Waals surface area contributed by atoms with Crippen molar-refractivity contribution in [2.45, 2.75) is 26.2 Å². The van der Waals surface area contributed by atoms with Gasteiger partial charge in [-0.15, -0.1) is 0 Å². The van der Waals surface area contributed by atoms with E-state index in [1.807, 2.05) is 6.92 Å². The minimum absolute atomic E-state index is 0.00259. The van der Waals surface area contributed by atoms with Gasteiger partial charge in [0.1, 0.15) is 0 Å². The van der Waals surface area contributed by atoms with Gasteiger partial charge in [0.2, 0.25) is 0 Å². The molecule has 2 rings (SSSR count). The summed E-state index contributed by atoms with van der Waals surface area (Å²) >= 11 is 0. The number of aliphatic carboxylic acids is 1. The number of benzene rings is 1. The normalized spacial score (nSPS) is 21.1. The monoisotopic (exact) mass is 292 g/mol. The fraction of sp³-hybridized carbons (Fsp3) is 0.500. The number of aryl methyl sites for hydroxylation is 1. The van der Waals surface area contributed by atoms with Crippen molar-refractivity contribution in [1.29, 1.82) is 0 Å². The predicted molar refractivity (Wildman–Crippen MR) is 77.1 cm³/mol. The topological polar surface area (TPSA) is 72.8 Å². The van der Waals surface area contributed by atoms with E-state index in [2.05, 4.69) is 0 Å². The van der Waals surface area contributed by atoms with Gasteiger partial charge >= 0.3 is 5.97 Å². The lowest BCUT2D eigenvalue weighted by Crippen LogP contribution is -2.16. The number of Topliss-reactive ketones (excluding diaryl/α,β-unsaturated/α-hetero) is 1. The van der Waals surface area contributed by atoms with E-state index >= 15 is 0 Å². The number of methoxy groups -OCH3 is 2. The SMILES string of the molecule is COc1cc(C)c(C(=O)C2CCC(C(=O)O)C2)cc1OC. The first-order valence-corrected chi connectivity index (χ1v) is 6.97. The van der Waals surface area contributed by atoms with Crippen LogP contribution >= 0.6 is 0 Å². The summed E-state index contributed by atoms with van der Waals surface area (Å²) in [6.07, 6.45) is 1.61. The molecular weight excluding hydrogens is 272 g/mol. The van der Waals surface area contributed by atoms with E-state index in [4.69, 9.17) is 14.6 Å². The first-order chi connectivity index (χ1) is 9.97. The maximum Gasteiger partial charge on any atom is 0.306 e. The van der Waals surface area contributed by atoms with Gasteiger partial charge in [0.05, 0.1) is 20.1 Å². The van der Waals surface area contributed by atoms with Crippen LogP contribution in [0.4, 0.5) is 0 Å². The molecule has 1 aromatic carbocycles. The maximum absolute atomic E-state index is 12.6.